The first-order valence-electron chi connectivity index (χ1n) is 3.34. The van der Waals surface area contributed by atoms with Crippen molar-refractivity contribution in [3.05, 3.63) is 29.6 Å². The number of hydrazone groups is 1. The minimum absolute atomic E-state index is 0.346. The molecule has 0 heterocycles. The highest BCUT2D eigenvalue weighted by Crippen LogP contribution is 2.14. The van der Waals surface area contributed by atoms with E-state index in [0.717, 1.165) is 0 Å². The van der Waals surface area contributed by atoms with Crippen LogP contribution in [0.5, 0.6) is 5.75 Å². The summed E-state index contributed by atoms with van der Waals surface area (Å²) in [5, 5.41) is 3.22. The van der Waals surface area contributed by atoms with Crippen molar-refractivity contribution in [1.82, 2.24) is 0 Å². The number of hydrogen-bond donors (Lipinski definition) is 1. The highest BCUT2D eigenvalue weighted by molar-refractivity contribution is 5.79. The number of benzene rings is 1. The van der Waals surface area contributed by atoms with Crippen molar-refractivity contribution in [3.63, 3.8) is 0 Å². The highest BCUT2D eigenvalue weighted by atomic mass is 19.1. The predicted molar refractivity (Wildman–Crippen MR) is 44.7 cm³/mol. The van der Waals surface area contributed by atoms with Gasteiger partial charge in [-0.05, 0) is 12.1 Å². The van der Waals surface area contributed by atoms with Crippen molar-refractivity contribution in [2.45, 2.75) is 0 Å². The summed E-state index contributed by atoms with van der Waals surface area (Å²) in [5.41, 5.74) is 0.346. The maximum absolute atomic E-state index is 13.0. The van der Waals surface area contributed by atoms with Gasteiger partial charge in [0.2, 0.25) is 0 Å². The van der Waals surface area contributed by atoms with Gasteiger partial charge in [0.05, 0.1) is 13.3 Å². The van der Waals surface area contributed by atoms with Crippen LogP contribution in [0, 0.1) is 5.82 Å². The minimum Gasteiger partial charge on any atom is -0.497 e. The summed E-state index contributed by atoms with van der Waals surface area (Å²) in [5.74, 6) is 4.95. The molecule has 0 saturated heterocycles. The van der Waals surface area contributed by atoms with E-state index < -0.39 is 5.82 Å². The van der Waals surface area contributed by atoms with Crippen LogP contribution in [0.25, 0.3) is 0 Å². The molecule has 4 heteroatoms. The molecule has 0 saturated carbocycles. The largest absolute Gasteiger partial charge is 0.497 e. The molecule has 0 aliphatic heterocycles. The van der Waals surface area contributed by atoms with E-state index in [2.05, 4.69) is 5.10 Å². The van der Waals surface area contributed by atoms with Gasteiger partial charge in [-0.3, -0.25) is 0 Å². The molecular formula is C8H9FN2O. The molecule has 0 radical (unpaired) electrons. The number of nitrogens with two attached hydrogens (primary N) is 1. The standard InChI is InChI=1S/C8H9FN2O/c1-12-7-3-2-6(5-11-10)8(9)4-7/h2-5H,10H2,1H3. The van der Waals surface area contributed by atoms with E-state index in [0.29, 0.717) is 11.3 Å². The third-order valence-electron chi connectivity index (χ3n) is 1.42. The fraction of sp³-hybridized carbons (Fsp3) is 0.125. The fourth-order valence-electron chi connectivity index (χ4n) is 0.820. The number of methoxy groups -OCH3 is 1. The van der Waals surface area contributed by atoms with E-state index in [4.69, 9.17) is 10.6 Å². The number of rotatable bonds is 2. The summed E-state index contributed by atoms with van der Waals surface area (Å²) in [7, 11) is 1.48. The quantitative estimate of drug-likeness (QED) is 0.408. The summed E-state index contributed by atoms with van der Waals surface area (Å²) in [6.45, 7) is 0. The van der Waals surface area contributed by atoms with Gasteiger partial charge in [0, 0.05) is 11.6 Å². The van der Waals surface area contributed by atoms with Crippen LogP contribution >= 0.6 is 0 Å². The normalized spacial score (nSPS) is 10.5. The molecule has 0 atom stereocenters. The second kappa shape index (κ2) is 3.71. The number of halogens is 1. The van der Waals surface area contributed by atoms with E-state index in [9.17, 15) is 4.39 Å². The summed E-state index contributed by atoms with van der Waals surface area (Å²) in [6, 6.07) is 4.46. The molecule has 0 amide bonds. The Balaban J connectivity index is 3.03. The predicted octanol–water partition coefficient (Wildman–Crippen LogP) is 1.13. The summed E-state index contributed by atoms with van der Waals surface area (Å²) >= 11 is 0. The maximum atomic E-state index is 13.0. The average Bonchev–Trinajstić information content (AvgIpc) is 2.09. The van der Waals surface area contributed by atoms with Crippen LogP contribution in [0.4, 0.5) is 4.39 Å². The van der Waals surface area contributed by atoms with Crippen LogP contribution in [0.3, 0.4) is 0 Å². The molecule has 0 aliphatic carbocycles. The van der Waals surface area contributed by atoms with Crippen molar-refractivity contribution >= 4 is 6.21 Å². The minimum atomic E-state index is -0.399. The van der Waals surface area contributed by atoms with Gasteiger partial charge in [0.25, 0.3) is 0 Å². The molecule has 1 rings (SSSR count). The first kappa shape index (κ1) is 8.52. The smallest absolute Gasteiger partial charge is 0.135 e. The molecule has 0 aliphatic rings. The Labute approximate surface area is 69.6 Å². The van der Waals surface area contributed by atoms with Crippen LogP contribution < -0.4 is 10.6 Å². The Morgan fingerprint density at radius 1 is 1.58 bits per heavy atom. The van der Waals surface area contributed by atoms with Crippen molar-refractivity contribution in [3.8, 4) is 5.75 Å². The van der Waals surface area contributed by atoms with Gasteiger partial charge in [-0.1, -0.05) is 0 Å². The number of ether oxygens (including phenoxy) is 1. The fourth-order valence-corrected chi connectivity index (χ4v) is 0.820. The monoisotopic (exact) mass is 168 g/mol. The molecule has 12 heavy (non-hydrogen) atoms. The molecule has 1 aromatic carbocycles. The van der Waals surface area contributed by atoms with Crippen molar-refractivity contribution in [1.29, 1.82) is 0 Å². The first-order chi connectivity index (χ1) is 5.77. The number of nitrogens with zero attached hydrogens (tertiary/aromatic N) is 1. The Hall–Kier alpha value is -1.58. The van der Waals surface area contributed by atoms with Gasteiger partial charge in [-0.2, -0.15) is 5.10 Å². The Morgan fingerprint density at radius 2 is 2.33 bits per heavy atom. The zero-order valence-corrected chi connectivity index (χ0v) is 6.62. The van der Waals surface area contributed by atoms with Crippen LogP contribution in [-0.4, -0.2) is 13.3 Å². The summed E-state index contributed by atoms with van der Waals surface area (Å²) in [6.07, 6.45) is 1.24. The Morgan fingerprint density at radius 3 is 2.83 bits per heavy atom. The van der Waals surface area contributed by atoms with Gasteiger partial charge in [0.15, 0.2) is 0 Å². The molecule has 3 nitrogen and oxygen atoms in total. The summed E-state index contributed by atoms with van der Waals surface area (Å²) < 4.78 is 17.8. The van der Waals surface area contributed by atoms with Gasteiger partial charge < -0.3 is 10.6 Å². The topological polar surface area (TPSA) is 47.6 Å². The van der Waals surface area contributed by atoms with Crippen molar-refractivity contribution < 1.29 is 9.13 Å². The third kappa shape index (κ3) is 1.72. The lowest BCUT2D eigenvalue weighted by Crippen LogP contribution is -1.92. The molecule has 0 aromatic heterocycles. The molecule has 1 aromatic rings. The van der Waals surface area contributed by atoms with Crippen LogP contribution in [0.15, 0.2) is 23.3 Å². The van der Waals surface area contributed by atoms with E-state index in [-0.39, 0.29) is 0 Å². The van der Waals surface area contributed by atoms with E-state index in [1.807, 2.05) is 0 Å². The molecule has 2 N–H and O–H groups in total. The first-order valence-corrected chi connectivity index (χ1v) is 3.34. The maximum Gasteiger partial charge on any atom is 0.135 e. The van der Waals surface area contributed by atoms with E-state index in [1.54, 1.807) is 12.1 Å². The second-order valence-corrected chi connectivity index (χ2v) is 2.17. The Kier molecular flexibility index (Phi) is 2.63. The third-order valence-corrected chi connectivity index (χ3v) is 1.42. The van der Waals surface area contributed by atoms with Crippen molar-refractivity contribution in [2.75, 3.05) is 7.11 Å². The van der Waals surface area contributed by atoms with Crippen LogP contribution in [0.2, 0.25) is 0 Å². The zero-order chi connectivity index (χ0) is 8.97. The van der Waals surface area contributed by atoms with Gasteiger partial charge in [-0.25, -0.2) is 4.39 Å². The van der Waals surface area contributed by atoms with E-state index in [1.165, 1.54) is 19.4 Å². The van der Waals surface area contributed by atoms with Crippen LogP contribution in [-0.2, 0) is 0 Å². The SMILES string of the molecule is COc1ccc(C=NN)c(F)c1. The Bertz CT molecular complexity index is 299. The molecule has 0 spiro atoms. The lowest BCUT2D eigenvalue weighted by Gasteiger charge is -2.00. The number of hydrogen-bond acceptors (Lipinski definition) is 3. The highest BCUT2D eigenvalue weighted by Gasteiger charge is 2.00. The van der Waals surface area contributed by atoms with Crippen LogP contribution in [0.1, 0.15) is 5.56 Å². The molecule has 0 fully saturated rings. The lowest BCUT2D eigenvalue weighted by atomic mass is 10.2. The molecule has 0 bridgehead atoms. The van der Waals surface area contributed by atoms with Gasteiger partial charge in [-0.15, -0.1) is 0 Å². The van der Waals surface area contributed by atoms with E-state index >= 15 is 0 Å². The molecule has 0 unspecified atom stereocenters. The van der Waals surface area contributed by atoms with Crippen molar-refractivity contribution in [2.24, 2.45) is 10.9 Å². The molecular weight excluding hydrogens is 159 g/mol. The zero-order valence-electron chi connectivity index (χ0n) is 6.62. The van der Waals surface area contributed by atoms with Gasteiger partial charge in [0.1, 0.15) is 11.6 Å². The average molecular weight is 168 g/mol. The lowest BCUT2D eigenvalue weighted by molar-refractivity contribution is 0.411. The summed E-state index contributed by atoms with van der Waals surface area (Å²) in [4.78, 5) is 0. The van der Waals surface area contributed by atoms with Gasteiger partial charge >= 0.3 is 0 Å². The second-order valence-electron chi connectivity index (χ2n) is 2.17. The molecule has 64 valence electrons.